The van der Waals surface area contributed by atoms with Gasteiger partial charge in [0.1, 0.15) is 35.6 Å². The molecule has 3 aromatic rings. The molecule has 0 saturated carbocycles. The average molecular weight is 395 g/mol. The van der Waals surface area contributed by atoms with Gasteiger partial charge < -0.3 is 19.4 Å². The molecule has 0 aliphatic rings. The number of imidazole rings is 1. The maximum atomic E-state index is 14.2. The summed E-state index contributed by atoms with van der Waals surface area (Å²) in [6.07, 6.45) is 1.26. The summed E-state index contributed by atoms with van der Waals surface area (Å²) in [5, 5.41) is 10.8. The molecule has 0 aliphatic carbocycles. The number of aromatic nitrogens is 2. The van der Waals surface area contributed by atoms with Gasteiger partial charge in [0.2, 0.25) is 6.33 Å². The highest BCUT2D eigenvalue weighted by Crippen LogP contribution is 2.26. The Bertz CT molecular complexity index is 989. The van der Waals surface area contributed by atoms with Crippen molar-refractivity contribution in [3.8, 4) is 0 Å². The van der Waals surface area contributed by atoms with Gasteiger partial charge in [-0.1, -0.05) is 6.07 Å². The summed E-state index contributed by atoms with van der Waals surface area (Å²) in [6.45, 7) is -0.367. The molecule has 0 bridgehead atoms. The zero-order chi connectivity index (χ0) is 20.3. The summed E-state index contributed by atoms with van der Waals surface area (Å²) in [7, 11) is 0. The van der Waals surface area contributed by atoms with Crippen LogP contribution >= 0.6 is 0 Å². The lowest BCUT2D eigenvalue weighted by Gasteiger charge is -2.19. The molecule has 0 amide bonds. The smallest absolute Gasteiger partial charge is 0.367 e. The van der Waals surface area contributed by atoms with E-state index in [0.29, 0.717) is 12.1 Å². The van der Waals surface area contributed by atoms with Gasteiger partial charge in [-0.3, -0.25) is 0 Å². The van der Waals surface area contributed by atoms with E-state index in [2.05, 4.69) is 4.98 Å². The van der Waals surface area contributed by atoms with Gasteiger partial charge in [-0.15, -0.1) is 0 Å². The number of benzene rings is 2. The maximum absolute atomic E-state index is 14.2. The van der Waals surface area contributed by atoms with E-state index < -0.39 is 40.1 Å². The molecule has 1 aromatic heterocycles. The molecule has 1 heterocycles. The number of hydrogen-bond acceptors (Lipinski definition) is 4. The highest BCUT2D eigenvalue weighted by Gasteiger charge is 2.20. The zero-order valence-corrected chi connectivity index (χ0v) is 14.2. The second-order valence-corrected chi connectivity index (χ2v) is 5.93. The first-order chi connectivity index (χ1) is 13.3. The van der Waals surface area contributed by atoms with Gasteiger partial charge in [0.15, 0.2) is 0 Å². The van der Waals surface area contributed by atoms with E-state index in [4.69, 9.17) is 4.74 Å². The molecular formula is C18H13F4N3O3. The van der Waals surface area contributed by atoms with Crippen LogP contribution < -0.4 is 0 Å². The van der Waals surface area contributed by atoms with E-state index in [9.17, 15) is 27.7 Å². The Hall–Kier alpha value is -3.27. The summed E-state index contributed by atoms with van der Waals surface area (Å²) in [6, 6.07) is 5.70. The third-order valence-electron chi connectivity index (χ3n) is 3.87. The summed E-state index contributed by atoms with van der Waals surface area (Å²) < 4.78 is 61.0. The molecule has 0 aliphatic heterocycles. The quantitative estimate of drug-likeness (QED) is 0.340. The minimum Gasteiger partial charge on any atom is -0.367 e. The van der Waals surface area contributed by atoms with Crippen LogP contribution in [0.3, 0.4) is 0 Å². The largest absolute Gasteiger partial charge is 0.381 e. The lowest BCUT2D eigenvalue weighted by molar-refractivity contribution is -0.389. The molecule has 2 aromatic carbocycles. The van der Waals surface area contributed by atoms with Crippen LogP contribution in [0.15, 0.2) is 48.9 Å². The molecule has 3 rings (SSSR count). The van der Waals surface area contributed by atoms with Crippen LogP contribution in [0.25, 0.3) is 0 Å². The normalized spacial score (nSPS) is 12.1. The van der Waals surface area contributed by atoms with E-state index in [-0.39, 0.29) is 24.3 Å². The Kier molecular flexibility index (Phi) is 5.69. The summed E-state index contributed by atoms with van der Waals surface area (Å²) in [5.41, 5.74) is 0.149. The third kappa shape index (κ3) is 4.71. The van der Waals surface area contributed by atoms with Gasteiger partial charge in [0.05, 0.1) is 13.2 Å². The van der Waals surface area contributed by atoms with E-state index >= 15 is 0 Å². The van der Waals surface area contributed by atoms with E-state index in [1.807, 2.05) is 0 Å². The molecule has 1 atom stereocenters. The molecule has 0 N–H and O–H groups in total. The fraction of sp³-hybridized carbons (Fsp3) is 0.167. The van der Waals surface area contributed by atoms with Crippen LogP contribution in [0.1, 0.15) is 17.2 Å². The summed E-state index contributed by atoms with van der Waals surface area (Å²) >= 11 is 0. The highest BCUT2D eigenvalue weighted by molar-refractivity contribution is 5.22. The Labute approximate surface area is 156 Å². The first-order valence-corrected chi connectivity index (χ1v) is 7.99. The van der Waals surface area contributed by atoms with Gasteiger partial charge in [-0.25, -0.2) is 17.6 Å². The Morgan fingerprint density at radius 3 is 2.39 bits per heavy atom. The second-order valence-electron chi connectivity index (χ2n) is 5.93. The fourth-order valence-corrected chi connectivity index (χ4v) is 2.63. The standard InChI is InChI=1S/C18H13F4N3O3/c19-12-1-2-15(16(22)6-12)17(7-24-8-18(23-10-24)25(26)27)28-9-11-3-13(20)5-14(21)4-11/h1-6,8,10,17H,7,9H2. The zero-order valence-electron chi connectivity index (χ0n) is 14.2. The van der Waals surface area contributed by atoms with Gasteiger partial charge in [0.25, 0.3) is 0 Å². The lowest BCUT2D eigenvalue weighted by Crippen LogP contribution is -2.14. The first kappa shape index (κ1) is 19.5. The van der Waals surface area contributed by atoms with Crippen LogP contribution in [0, 0.1) is 33.4 Å². The fourth-order valence-electron chi connectivity index (χ4n) is 2.63. The summed E-state index contributed by atoms with van der Waals surface area (Å²) in [5.74, 6) is -3.68. The van der Waals surface area contributed by atoms with Gasteiger partial charge >= 0.3 is 5.82 Å². The SMILES string of the molecule is O=[N+]([O-])c1cn(CC(OCc2cc(F)cc(F)c2)c2ccc(F)cc2F)cn1. The maximum Gasteiger partial charge on any atom is 0.381 e. The molecule has 1 unspecified atom stereocenters. The van der Waals surface area contributed by atoms with Crippen molar-refractivity contribution in [3.05, 3.63) is 93.4 Å². The number of ether oxygens (including phenoxy) is 1. The van der Waals surface area contributed by atoms with Crippen LogP contribution in [0.2, 0.25) is 0 Å². The topological polar surface area (TPSA) is 70.2 Å². The van der Waals surface area contributed by atoms with Crippen LogP contribution in [-0.2, 0) is 17.9 Å². The van der Waals surface area contributed by atoms with Crippen molar-refractivity contribution >= 4 is 5.82 Å². The monoisotopic (exact) mass is 395 g/mol. The Morgan fingerprint density at radius 2 is 1.79 bits per heavy atom. The van der Waals surface area contributed by atoms with Crippen molar-refractivity contribution in [1.29, 1.82) is 0 Å². The molecule has 0 saturated heterocycles. The predicted molar refractivity (Wildman–Crippen MR) is 89.1 cm³/mol. The van der Waals surface area contributed by atoms with Crippen molar-refractivity contribution < 1.29 is 27.2 Å². The molecule has 10 heteroatoms. The van der Waals surface area contributed by atoms with Crippen LogP contribution in [0.5, 0.6) is 0 Å². The number of hydrogen-bond donors (Lipinski definition) is 0. The van der Waals surface area contributed by atoms with Gasteiger partial charge in [-0.05, 0) is 33.7 Å². The molecular weight excluding hydrogens is 382 g/mol. The van der Waals surface area contributed by atoms with Crippen LogP contribution in [0.4, 0.5) is 23.4 Å². The highest BCUT2D eigenvalue weighted by atomic mass is 19.1. The Balaban J connectivity index is 1.85. The second kappa shape index (κ2) is 8.17. The predicted octanol–water partition coefficient (Wildman–Crippen LogP) is 4.31. The molecule has 0 radical (unpaired) electrons. The molecule has 28 heavy (non-hydrogen) atoms. The Morgan fingerprint density at radius 1 is 1.07 bits per heavy atom. The molecule has 146 valence electrons. The summed E-state index contributed by atoms with van der Waals surface area (Å²) in [4.78, 5) is 13.7. The average Bonchev–Trinajstić information content (AvgIpc) is 3.07. The molecule has 0 fully saturated rings. The number of nitrogens with zero attached hydrogens (tertiary/aromatic N) is 3. The van der Waals surface area contributed by atoms with E-state index in [1.165, 1.54) is 10.6 Å². The van der Waals surface area contributed by atoms with Crippen LogP contribution in [-0.4, -0.2) is 14.5 Å². The number of nitro groups is 1. The van der Waals surface area contributed by atoms with Gasteiger partial charge in [0, 0.05) is 17.7 Å². The lowest BCUT2D eigenvalue weighted by atomic mass is 10.1. The van der Waals surface area contributed by atoms with Crippen molar-refractivity contribution in [2.45, 2.75) is 19.3 Å². The van der Waals surface area contributed by atoms with E-state index in [1.54, 1.807) is 0 Å². The van der Waals surface area contributed by atoms with Crippen molar-refractivity contribution in [2.24, 2.45) is 0 Å². The van der Waals surface area contributed by atoms with Crippen molar-refractivity contribution in [2.75, 3.05) is 0 Å². The minimum absolute atomic E-state index is 0.0189. The van der Waals surface area contributed by atoms with Crippen molar-refractivity contribution in [3.63, 3.8) is 0 Å². The van der Waals surface area contributed by atoms with E-state index in [0.717, 1.165) is 30.7 Å². The number of halogens is 4. The molecule has 0 spiro atoms. The minimum atomic E-state index is -1.03. The molecule has 6 nitrogen and oxygen atoms in total. The third-order valence-corrected chi connectivity index (χ3v) is 3.87. The first-order valence-electron chi connectivity index (χ1n) is 7.99. The number of rotatable bonds is 7. The van der Waals surface area contributed by atoms with Crippen molar-refractivity contribution in [1.82, 2.24) is 9.55 Å². The van der Waals surface area contributed by atoms with Gasteiger partial charge in [-0.2, -0.15) is 0 Å².